The molecule has 0 saturated heterocycles. The third-order valence-electron chi connectivity index (χ3n) is 3.97. The second-order valence-corrected chi connectivity index (χ2v) is 7.29. The highest BCUT2D eigenvalue weighted by atomic mass is 32.2. The molecule has 0 aliphatic heterocycles. The van der Waals surface area contributed by atoms with E-state index in [1.165, 1.54) is 12.1 Å². The molecule has 0 radical (unpaired) electrons. The van der Waals surface area contributed by atoms with Crippen LogP contribution in [0.1, 0.15) is 32.6 Å². The minimum absolute atomic E-state index is 0.00389. The van der Waals surface area contributed by atoms with Gasteiger partial charge < -0.3 is 10.8 Å². The predicted molar refractivity (Wildman–Crippen MR) is 70.1 cm³/mol. The lowest BCUT2D eigenvalue weighted by Crippen LogP contribution is -2.50. The van der Waals surface area contributed by atoms with Crippen molar-refractivity contribution >= 4 is 9.84 Å². The van der Waals surface area contributed by atoms with E-state index in [-0.39, 0.29) is 10.6 Å². The quantitative estimate of drug-likeness (QED) is 0.877. The SMILES string of the molecule is CC(N)C1(S(=O)(=O)c2ccccc2O)CCCC1. The third kappa shape index (κ3) is 1.82. The van der Waals surface area contributed by atoms with Crippen LogP contribution < -0.4 is 5.73 Å². The molecule has 0 heterocycles. The molecule has 1 atom stereocenters. The van der Waals surface area contributed by atoms with Crippen LogP contribution in [-0.4, -0.2) is 24.3 Å². The molecule has 4 nitrogen and oxygen atoms in total. The number of phenolic OH excluding ortho intramolecular Hbond substituents is 1. The minimum Gasteiger partial charge on any atom is -0.507 e. The van der Waals surface area contributed by atoms with Crippen molar-refractivity contribution in [2.45, 2.75) is 48.3 Å². The van der Waals surface area contributed by atoms with Crippen molar-refractivity contribution in [1.29, 1.82) is 0 Å². The largest absolute Gasteiger partial charge is 0.507 e. The highest BCUT2D eigenvalue weighted by Gasteiger charge is 2.50. The number of sulfone groups is 1. The topological polar surface area (TPSA) is 80.4 Å². The van der Waals surface area contributed by atoms with Gasteiger partial charge in [-0.2, -0.15) is 0 Å². The minimum atomic E-state index is -3.61. The van der Waals surface area contributed by atoms with E-state index < -0.39 is 20.6 Å². The Morgan fingerprint density at radius 1 is 1.28 bits per heavy atom. The van der Waals surface area contributed by atoms with Crippen LogP contribution >= 0.6 is 0 Å². The molecule has 1 aliphatic carbocycles. The van der Waals surface area contributed by atoms with Crippen molar-refractivity contribution in [3.05, 3.63) is 24.3 Å². The molecule has 100 valence electrons. The normalized spacial score (nSPS) is 20.8. The van der Waals surface area contributed by atoms with Crippen LogP contribution in [0.25, 0.3) is 0 Å². The van der Waals surface area contributed by atoms with Gasteiger partial charge in [0.2, 0.25) is 0 Å². The number of rotatable bonds is 3. The zero-order valence-corrected chi connectivity index (χ0v) is 11.3. The van der Waals surface area contributed by atoms with Gasteiger partial charge in [-0.25, -0.2) is 8.42 Å². The molecule has 1 aromatic rings. The van der Waals surface area contributed by atoms with Crippen LogP contribution in [0.2, 0.25) is 0 Å². The zero-order chi connectivity index (χ0) is 13.4. The first-order valence-corrected chi connectivity index (χ1v) is 7.68. The Morgan fingerprint density at radius 3 is 2.33 bits per heavy atom. The average molecular weight is 269 g/mol. The van der Waals surface area contributed by atoms with Gasteiger partial charge in [0, 0.05) is 6.04 Å². The van der Waals surface area contributed by atoms with Crippen LogP contribution in [0.3, 0.4) is 0 Å². The lowest BCUT2D eigenvalue weighted by Gasteiger charge is -2.32. The summed E-state index contributed by atoms with van der Waals surface area (Å²) >= 11 is 0. The molecule has 1 fully saturated rings. The number of nitrogens with two attached hydrogens (primary N) is 1. The van der Waals surface area contributed by atoms with Crippen LogP contribution in [0.5, 0.6) is 5.75 Å². The fourth-order valence-electron chi connectivity index (χ4n) is 2.85. The summed E-state index contributed by atoms with van der Waals surface area (Å²) in [5, 5.41) is 9.78. The maximum absolute atomic E-state index is 12.8. The van der Waals surface area contributed by atoms with Gasteiger partial charge in [-0.3, -0.25) is 0 Å². The Kier molecular flexibility index (Phi) is 3.38. The molecule has 1 aliphatic rings. The Morgan fingerprint density at radius 2 is 1.83 bits per heavy atom. The molecular formula is C13H19NO3S. The smallest absolute Gasteiger partial charge is 0.189 e. The van der Waals surface area contributed by atoms with E-state index in [0.717, 1.165) is 12.8 Å². The van der Waals surface area contributed by atoms with Crippen molar-refractivity contribution in [2.24, 2.45) is 5.73 Å². The van der Waals surface area contributed by atoms with E-state index >= 15 is 0 Å². The van der Waals surface area contributed by atoms with E-state index in [4.69, 9.17) is 5.73 Å². The Bertz CT molecular complexity index is 531. The predicted octanol–water partition coefficient (Wildman–Crippen LogP) is 1.83. The van der Waals surface area contributed by atoms with Crippen LogP contribution in [0.15, 0.2) is 29.2 Å². The molecule has 18 heavy (non-hydrogen) atoms. The monoisotopic (exact) mass is 269 g/mol. The number of hydrogen-bond donors (Lipinski definition) is 2. The van der Waals surface area contributed by atoms with Crippen LogP contribution in [-0.2, 0) is 9.84 Å². The molecule has 0 aromatic heterocycles. The lowest BCUT2D eigenvalue weighted by molar-refractivity contribution is 0.437. The first-order valence-electron chi connectivity index (χ1n) is 6.20. The van der Waals surface area contributed by atoms with Gasteiger partial charge in [-0.1, -0.05) is 25.0 Å². The average Bonchev–Trinajstić information content (AvgIpc) is 2.79. The van der Waals surface area contributed by atoms with E-state index in [1.54, 1.807) is 19.1 Å². The third-order valence-corrected chi connectivity index (χ3v) is 6.74. The number of aromatic hydroxyl groups is 1. The molecule has 0 spiro atoms. The van der Waals surface area contributed by atoms with Gasteiger partial charge >= 0.3 is 0 Å². The fraction of sp³-hybridized carbons (Fsp3) is 0.538. The molecule has 1 aromatic carbocycles. The Balaban J connectivity index is 2.58. The van der Waals surface area contributed by atoms with Crippen molar-refractivity contribution in [3.63, 3.8) is 0 Å². The summed E-state index contributed by atoms with van der Waals surface area (Å²) in [6.45, 7) is 1.74. The summed E-state index contributed by atoms with van der Waals surface area (Å²) < 4.78 is 24.6. The molecule has 0 bridgehead atoms. The van der Waals surface area contributed by atoms with Crippen LogP contribution in [0, 0.1) is 0 Å². The zero-order valence-electron chi connectivity index (χ0n) is 10.5. The second-order valence-electron chi connectivity index (χ2n) is 5.03. The number of hydrogen-bond acceptors (Lipinski definition) is 4. The molecular weight excluding hydrogens is 250 g/mol. The molecule has 3 N–H and O–H groups in total. The lowest BCUT2D eigenvalue weighted by atomic mass is 9.99. The molecule has 1 unspecified atom stereocenters. The standard InChI is InChI=1S/C13H19NO3S/c1-10(14)13(8-4-5-9-13)18(16,17)12-7-3-2-6-11(12)15/h2-3,6-7,10,15H,4-5,8-9,14H2,1H3. The van der Waals surface area contributed by atoms with Gasteiger partial charge in [0.05, 0.1) is 4.75 Å². The fourth-order valence-corrected chi connectivity index (χ4v) is 5.20. The number of phenols is 1. The first-order chi connectivity index (χ1) is 8.42. The van der Waals surface area contributed by atoms with E-state index in [2.05, 4.69) is 0 Å². The van der Waals surface area contributed by atoms with Crippen LogP contribution in [0.4, 0.5) is 0 Å². The summed E-state index contributed by atoms with van der Waals surface area (Å²) in [5.41, 5.74) is 5.95. The van der Waals surface area contributed by atoms with E-state index in [0.29, 0.717) is 12.8 Å². The molecule has 1 saturated carbocycles. The Labute approximate surface area is 108 Å². The highest BCUT2D eigenvalue weighted by molar-refractivity contribution is 7.93. The van der Waals surface area contributed by atoms with Gasteiger partial charge in [0.25, 0.3) is 0 Å². The maximum Gasteiger partial charge on any atom is 0.189 e. The maximum atomic E-state index is 12.8. The van der Waals surface area contributed by atoms with Gasteiger partial charge in [-0.05, 0) is 31.9 Å². The van der Waals surface area contributed by atoms with Crippen molar-refractivity contribution in [2.75, 3.05) is 0 Å². The van der Waals surface area contributed by atoms with E-state index in [1.807, 2.05) is 0 Å². The van der Waals surface area contributed by atoms with Gasteiger partial charge in [0.15, 0.2) is 9.84 Å². The van der Waals surface area contributed by atoms with Crippen molar-refractivity contribution in [1.82, 2.24) is 0 Å². The van der Waals surface area contributed by atoms with Gasteiger partial charge in [-0.15, -0.1) is 0 Å². The summed E-state index contributed by atoms with van der Waals surface area (Å²) in [7, 11) is -3.61. The molecule has 0 amide bonds. The summed E-state index contributed by atoms with van der Waals surface area (Å²) in [6.07, 6.45) is 2.88. The summed E-state index contributed by atoms with van der Waals surface area (Å²) in [5.74, 6) is -0.190. The van der Waals surface area contributed by atoms with E-state index in [9.17, 15) is 13.5 Å². The highest BCUT2D eigenvalue weighted by Crippen LogP contribution is 2.44. The van der Waals surface area contributed by atoms with Gasteiger partial charge in [0.1, 0.15) is 10.6 Å². The number of benzene rings is 1. The molecule has 5 heteroatoms. The second kappa shape index (κ2) is 4.55. The summed E-state index contributed by atoms with van der Waals surface area (Å²) in [4.78, 5) is 0.00389. The number of para-hydroxylation sites is 1. The summed E-state index contributed by atoms with van der Waals surface area (Å²) in [6, 6.07) is 5.64. The Hall–Kier alpha value is -1.07. The molecule has 2 rings (SSSR count). The van der Waals surface area contributed by atoms with Crippen molar-refractivity contribution < 1.29 is 13.5 Å². The van der Waals surface area contributed by atoms with Crippen molar-refractivity contribution in [3.8, 4) is 5.75 Å². The first kappa shape index (κ1) is 13.4.